The predicted octanol–water partition coefficient (Wildman–Crippen LogP) is 10.7. The topological polar surface area (TPSA) is 268 Å². The Hall–Kier alpha value is -9.54. The first-order valence-electron chi connectivity index (χ1n) is 21.3. The zero-order valence-electron chi connectivity index (χ0n) is 37.8. The maximum atomic E-state index is 13.7. The lowest BCUT2D eigenvalue weighted by molar-refractivity contribution is 0.0686. The molecule has 0 bridgehead atoms. The van der Waals surface area contributed by atoms with Crippen LogP contribution in [-0.2, 0) is 0 Å². The minimum Gasteiger partial charge on any atom is -0.507 e. The van der Waals surface area contributed by atoms with Crippen molar-refractivity contribution in [1.29, 1.82) is 5.26 Å². The lowest BCUT2D eigenvalue weighted by Gasteiger charge is -2.10. The molecule has 9 rings (SSSR count). The molecule has 356 valence electrons. The van der Waals surface area contributed by atoms with Crippen LogP contribution in [0.5, 0.6) is 17.2 Å². The van der Waals surface area contributed by atoms with Crippen molar-refractivity contribution in [2.45, 2.75) is 20.8 Å². The summed E-state index contributed by atoms with van der Waals surface area (Å²) in [5, 5.41) is 65.7. The molecular weight excluding hydrogens is 934 g/mol. The minimum absolute atomic E-state index is 0.0298. The number of hydrogen-bond acceptors (Lipinski definition) is 14. The average molecular weight is 974 g/mol. The van der Waals surface area contributed by atoms with Crippen LogP contribution in [0.15, 0.2) is 144 Å². The number of aryl methyl sites for hydroxylation is 1. The highest BCUT2D eigenvalue weighted by Crippen LogP contribution is 2.34. The third-order valence-corrected chi connectivity index (χ3v) is 11.3. The number of hydrogen-bond donors (Lipinski definition) is 5. The molecule has 0 saturated carbocycles. The van der Waals surface area contributed by atoms with E-state index in [0.29, 0.717) is 68.3 Å². The number of thiazole rings is 1. The van der Waals surface area contributed by atoms with E-state index in [2.05, 4.69) is 31.3 Å². The number of aromatic hydroxyl groups is 2. The van der Waals surface area contributed by atoms with E-state index in [0.717, 1.165) is 11.3 Å². The van der Waals surface area contributed by atoms with Gasteiger partial charge in [0.15, 0.2) is 11.6 Å². The van der Waals surface area contributed by atoms with Gasteiger partial charge in [-0.3, -0.25) is 0 Å². The number of phenols is 2. The first-order chi connectivity index (χ1) is 34.1. The van der Waals surface area contributed by atoms with Crippen LogP contribution in [0.3, 0.4) is 0 Å². The van der Waals surface area contributed by atoms with Gasteiger partial charge >= 0.3 is 17.9 Å². The standard InChI is InChI=1S/C21H15N3O4.C16H16N2O3S.C15H9FN2O3/c25-17-7-3-1-5-15(17)19-22-20(16-6-2-4-8-18(16)26)24(23-19)14-11-9-13(10-12-14)21(27)28;1-9(2)8-21-13-5-4-11(6-12(13)7-17)15-18-10(3)14(22-15)16(19)20;16-12-7-2-1-6-11(12)14-17-13(18-21-14)9-4-3-5-10(8-9)15(19)20/h1-12,25-26H,(H,27,28);4-6,9H,8H2,1-3H3,(H,19,20);1-8H,(H,19,20). The van der Waals surface area contributed by atoms with Gasteiger partial charge in [-0.15, -0.1) is 16.4 Å². The van der Waals surface area contributed by atoms with Gasteiger partial charge in [-0.2, -0.15) is 10.2 Å². The third-order valence-electron chi connectivity index (χ3n) is 10.1. The van der Waals surface area contributed by atoms with Gasteiger partial charge in [-0.1, -0.05) is 67.5 Å². The van der Waals surface area contributed by atoms with Crippen molar-refractivity contribution in [2.75, 3.05) is 6.61 Å². The number of halogens is 1. The highest BCUT2D eigenvalue weighted by atomic mass is 32.1. The number of aromatic carboxylic acids is 3. The van der Waals surface area contributed by atoms with Crippen molar-refractivity contribution in [3.63, 3.8) is 0 Å². The largest absolute Gasteiger partial charge is 0.507 e. The van der Waals surface area contributed by atoms with E-state index in [1.165, 1.54) is 47.1 Å². The van der Waals surface area contributed by atoms with Crippen molar-refractivity contribution < 1.29 is 53.6 Å². The molecular formula is C52H40FN7O10S. The molecule has 0 aliphatic rings. The van der Waals surface area contributed by atoms with Crippen molar-refractivity contribution in [2.24, 2.45) is 5.92 Å². The number of carbonyl (C=O) groups is 3. The monoisotopic (exact) mass is 973 g/mol. The van der Waals surface area contributed by atoms with Gasteiger partial charge in [-0.25, -0.2) is 33.4 Å². The molecule has 0 amide bonds. The Bertz CT molecular complexity index is 3430. The highest BCUT2D eigenvalue weighted by Gasteiger charge is 2.21. The molecule has 0 aliphatic carbocycles. The summed E-state index contributed by atoms with van der Waals surface area (Å²) in [6.07, 6.45) is 0. The maximum absolute atomic E-state index is 13.7. The van der Waals surface area contributed by atoms with Gasteiger partial charge in [0.25, 0.3) is 5.89 Å². The lowest BCUT2D eigenvalue weighted by Crippen LogP contribution is -2.05. The Morgan fingerprint density at radius 3 is 1.97 bits per heavy atom. The predicted molar refractivity (Wildman–Crippen MR) is 259 cm³/mol. The SMILES string of the molecule is Cc1nc(-c2ccc(OCC(C)C)c(C#N)c2)sc1C(=O)O.O=C(O)c1ccc(-n2nc(-c3ccccc3O)nc2-c2ccccc2O)cc1.O=C(O)c1cccc(-c2noc(-c3ccccc3F)n2)c1. The number of aromatic nitrogens is 6. The summed E-state index contributed by atoms with van der Waals surface area (Å²) in [6, 6.07) is 39.0. The normalized spacial score (nSPS) is 10.6. The Balaban J connectivity index is 0.000000159. The van der Waals surface area contributed by atoms with Crippen molar-refractivity contribution in [1.82, 2.24) is 29.9 Å². The van der Waals surface area contributed by atoms with Crippen LogP contribution in [0.25, 0.3) is 61.9 Å². The van der Waals surface area contributed by atoms with Crippen LogP contribution in [0.2, 0.25) is 0 Å². The number of benzene rings is 6. The molecule has 3 heterocycles. The number of phenolic OH excluding ortho intramolecular Hbond substituents is 2. The number of nitrogens with zero attached hydrogens (tertiary/aromatic N) is 7. The summed E-state index contributed by atoms with van der Waals surface area (Å²) < 4.78 is 25.8. The average Bonchev–Trinajstić information content (AvgIpc) is 4.14. The highest BCUT2D eigenvalue weighted by molar-refractivity contribution is 7.17. The van der Waals surface area contributed by atoms with Crippen LogP contribution < -0.4 is 4.74 Å². The van der Waals surface area contributed by atoms with Gasteiger partial charge < -0.3 is 34.8 Å². The van der Waals surface area contributed by atoms with Gasteiger partial charge in [0, 0.05) is 11.1 Å². The van der Waals surface area contributed by atoms with Crippen LogP contribution >= 0.6 is 11.3 Å². The van der Waals surface area contributed by atoms with Gasteiger partial charge in [0.1, 0.15) is 39.0 Å². The molecule has 0 fully saturated rings. The summed E-state index contributed by atoms with van der Waals surface area (Å²) in [4.78, 5) is 46.3. The fourth-order valence-corrected chi connectivity index (χ4v) is 7.48. The second kappa shape index (κ2) is 22.0. The molecule has 5 N–H and O–H groups in total. The van der Waals surface area contributed by atoms with E-state index in [1.807, 2.05) is 13.8 Å². The summed E-state index contributed by atoms with van der Waals surface area (Å²) in [6.45, 7) is 6.26. The quantitative estimate of drug-likeness (QED) is 0.0761. The maximum Gasteiger partial charge on any atom is 0.347 e. The molecule has 71 heavy (non-hydrogen) atoms. The van der Waals surface area contributed by atoms with E-state index < -0.39 is 23.7 Å². The van der Waals surface area contributed by atoms with Gasteiger partial charge in [0.2, 0.25) is 5.82 Å². The van der Waals surface area contributed by atoms with Gasteiger partial charge in [-0.05, 0) is 104 Å². The smallest absolute Gasteiger partial charge is 0.347 e. The molecule has 6 aromatic carbocycles. The van der Waals surface area contributed by atoms with E-state index in [9.17, 15) is 34.2 Å². The zero-order chi connectivity index (χ0) is 50.8. The summed E-state index contributed by atoms with van der Waals surface area (Å²) in [5.74, 6) is -1.68. The van der Waals surface area contributed by atoms with Crippen molar-refractivity contribution in [3.05, 3.63) is 173 Å². The van der Waals surface area contributed by atoms with Crippen molar-refractivity contribution in [3.8, 4) is 85.2 Å². The molecule has 0 radical (unpaired) electrons. The van der Waals surface area contributed by atoms with Crippen LogP contribution in [0.1, 0.15) is 55.5 Å². The van der Waals surface area contributed by atoms with Gasteiger partial charge in [0.05, 0.1) is 51.4 Å². The molecule has 0 spiro atoms. The van der Waals surface area contributed by atoms with Crippen LogP contribution in [0, 0.1) is 30.0 Å². The van der Waals surface area contributed by atoms with E-state index in [4.69, 9.17) is 24.6 Å². The number of para-hydroxylation sites is 2. The Morgan fingerprint density at radius 1 is 0.718 bits per heavy atom. The molecule has 17 nitrogen and oxygen atoms in total. The summed E-state index contributed by atoms with van der Waals surface area (Å²) in [5.41, 5.74) is 4.03. The molecule has 0 saturated heterocycles. The third kappa shape index (κ3) is 11.8. The molecule has 9 aromatic rings. The number of nitriles is 1. The van der Waals surface area contributed by atoms with Crippen LogP contribution in [-0.4, -0.2) is 79.9 Å². The Kier molecular flexibility index (Phi) is 15.3. The first kappa shape index (κ1) is 49.4. The van der Waals surface area contributed by atoms with Crippen molar-refractivity contribution >= 4 is 29.2 Å². The second-order valence-electron chi connectivity index (χ2n) is 15.6. The summed E-state index contributed by atoms with van der Waals surface area (Å²) >= 11 is 1.10. The first-order valence-corrected chi connectivity index (χ1v) is 22.1. The fourth-order valence-electron chi connectivity index (χ4n) is 6.58. The molecule has 0 aliphatic heterocycles. The number of ether oxygens (including phenoxy) is 1. The summed E-state index contributed by atoms with van der Waals surface area (Å²) in [7, 11) is 0. The number of rotatable bonds is 12. The molecule has 19 heteroatoms. The minimum atomic E-state index is -1.05. The van der Waals surface area contributed by atoms with E-state index >= 15 is 0 Å². The Morgan fingerprint density at radius 2 is 1.37 bits per heavy atom. The lowest BCUT2D eigenvalue weighted by atomic mass is 10.1. The van der Waals surface area contributed by atoms with E-state index in [-0.39, 0.29) is 50.6 Å². The molecule has 0 unspecified atom stereocenters. The second-order valence-corrected chi connectivity index (χ2v) is 16.6. The fraction of sp³-hybridized carbons (Fsp3) is 0.0962. The molecule has 0 atom stereocenters. The molecule has 3 aromatic heterocycles. The van der Waals surface area contributed by atoms with Crippen LogP contribution in [0.4, 0.5) is 4.39 Å². The number of carboxylic acids is 3. The zero-order valence-corrected chi connectivity index (χ0v) is 38.6. The Labute approximate surface area is 407 Å². The van der Waals surface area contributed by atoms with E-state index in [1.54, 1.807) is 104 Å². The number of carboxylic acid groups (broad SMARTS) is 3.